The third-order valence-electron chi connectivity index (χ3n) is 10.4. The van der Waals surface area contributed by atoms with E-state index in [2.05, 4.69) is 40.8 Å². The van der Waals surface area contributed by atoms with E-state index >= 15 is 0 Å². The lowest BCUT2D eigenvalue weighted by Gasteiger charge is -2.50. The number of hydrogen-bond acceptors (Lipinski definition) is 5. The van der Waals surface area contributed by atoms with Crippen molar-refractivity contribution in [2.24, 2.45) is 29.1 Å². The summed E-state index contributed by atoms with van der Waals surface area (Å²) in [5, 5.41) is 11.7. The van der Waals surface area contributed by atoms with Crippen LogP contribution in [0.25, 0.3) is 0 Å². The molecule has 1 N–H and O–H groups in total. The fourth-order valence-electron chi connectivity index (χ4n) is 7.45. The van der Waals surface area contributed by atoms with Gasteiger partial charge in [-0.2, -0.15) is 0 Å². The maximum Gasteiger partial charge on any atom is 0.192 e. The smallest absolute Gasteiger partial charge is 0.192 e. The monoisotopic (exact) mass is 466 g/mol. The Morgan fingerprint density at radius 1 is 1.12 bits per heavy atom. The molecule has 4 aliphatic carbocycles. The Hall–Kier alpha value is -0.273. The van der Waals surface area contributed by atoms with Crippen LogP contribution in [0.3, 0.4) is 0 Å². The van der Waals surface area contributed by atoms with Crippen LogP contribution in [-0.2, 0) is 18.7 Å². The maximum absolute atomic E-state index is 13.7. The largest absolute Gasteiger partial charge is 0.413 e. The molecule has 0 amide bonds. The highest BCUT2D eigenvalue weighted by atomic mass is 28.4. The van der Waals surface area contributed by atoms with Gasteiger partial charge in [-0.05, 0) is 80.3 Å². The minimum Gasteiger partial charge on any atom is -0.413 e. The fourth-order valence-corrected chi connectivity index (χ4v) is 8.90. The molecule has 4 saturated carbocycles. The number of rotatable bonds is 5. The standard InChI is InChI=1S/C26H46O5Si/c1-24(2,3)32(6,7)31-22-9-8-20-18-11-13-26(28)15-17(30-16-29-5)14-21(26)23(27)19(18)10-12-25(20,22)4/h17-22,28H,8-16H2,1-7H3/t17-,18+,19-,20-,21-,22-,25-,26+/m0/s1. The Morgan fingerprint density at radius 2 is 1.84 bits per heavy atom. The fraction of sp³-hybridized carbons (Fsp3) is 0.962. The normalized spacial score (nSPS) is 44.7. The van der Waals surface area contributed by atoms with E-state index in [9.17, 15) is 9.90 Å². The van der Waals surface area contributed by atoms with Gasteiger partial charge in [-0.15, -0.1) is 0 Å². The van der Waals surface area contributed by atoms with Gasteiger partial charge in [0.05, 0.1) is 17.8 Å². The van der Waals surface area contributed by atoms with Crippen molar-refractivity contribution in [3.63, 3.8) is 0 Å². The van der Waals surface area contributed by atoms with Gasteiger partial charge in [-0.25, -0.2) is 0 Å². The van der Waals surface area contributed by atoms with Crippen LogP contribution in [0.5, 0.6) is 0 Å². The number of methoxy groups -OCH3 is 1. The summed E-state index contributed by atoms with van der Waals surface area (Å²) in [6.07, 6.45) is 7.40. The number of ketones is 1. The Morgan fingerprint density at radius 3 is 2.50 bits per heavy atom. The third kappa shape index (κ3) is 4.06. The molecule has 4 fully saturated rings. The van der Waals surface area contributed by atoms with E-state index in [-0.39, 0.29) is 35.2 Å². The molecule has 0 aliphatic heterocycles. The summed E-state index contributed by atoms with van der Waals surface area (Å²) in [7, 11) is -0.230. The number of ether oxygens (including phenoxy) is 2. The summed E-state index contributed by atoms with van der Waals surface area (Å²) < 4.78 is 17.8. The third-order valence-corrected chi connectivity index (χ3v) is 14.8. The molecular weight excluding hydrogens is 420 g/mol. The number of carbonyl (C=O) groups is 1. The van der Waals surface area contributed by atoms with E-state index < -0.39 is 13.9 Å². The van der Waals surface area contributed by atoms with E-state index in [1.165, 1.54) is 0 Å². The lowest BCUT2D eigenvalue weighted by molar-refractivity contribution is -0.137. The van der Waals surface area contributed by atoms with Crippen molar-refractivity contribution >= 4 is 14.1 Å². The molecule has 4 aliphatic rings. The van der Waals surface area contributed by atoms with E-state index in [4.69, 9.17) is 13.9 Å². The lowest BCUT2D eigenvalue weighted by atomic mass is 9.58. The second-order valence-electron chi connectivity index (χ2n) is 13.1. The quantitative estimate of drug-likeness (QED) is 0.439. The summed E-state index contributed by atoms with van der Waals surface area (Å²) in [6, 6.07) is 0. The zero-order chi connectivity index (χ0) is 23.5. The van der Waals surface area contributed by atoms with Crippen molar-refractivity contribution < 1.29 is 23.8 Å². The summed E-state index contributed by atoms with van der Waals surface area (Å²) in [6.45, 7) is 14.3. The molecule has 4 rings (SSSR count). The maximum atomic E-state index is 13.7. The number of fused-ring (bicyclic) bond motifs is 4. The first kappa shape index (κ1) is 24.8. The molecule has 8 atom stereocenters. The van der Waals surface area contributed by atoms with Crippen LogP contribution in [0.4, 0.5) is 0 Å². The van der Waals surface area contributed by atoms with Crippen LogP contribution in [0, 0.1) is 29.1 Å². The van der Waals surface area contributed by atoms with Crippen LogP contribution < -0.4 is 0 Å². The van der Waals surface area contributed by atoms with Crippen molar-refractivity contribution in [2.45, 2.75) is 115 Å². The van der Waals surface area contributed by atoms with Gasteiger partial charge in [0.2, 0.25) is 0 Å². The SMILES string of the molecule is COCO[C@H]1C[C@H]2C(=O)[C@H]3CC[C@]4(C)[C@@H](O[Si](C)(C)C(C)(C)C)CC[C@H]4[C@@H]3CC[C@@]2(O)C1. The Labute approximate surface area is 196 Å². The summed E-state index contributed by atoms with van der Waals surface area (Å²) in [4.78, 5) is 13.7. The second kappa shape index (κ2) is 8.44. The predicted molar refractivity (Wildman–Crippen MR) is 128 cm³/mol. The molecule has 32 heavy (non-hydrogen) atoms. The first-order valence-corrected chi connectivity index (χ1v) is 15.8. The van der Waals surface area contributed by atoms with E-state index in [0.717, 1.165) is 38.5 Å². The molecule has 0 spiro atoms. The molecular formula is C26H46O5Si. The van der Waals surface area contributed by atoms with Crippen molar-refractivity contribution in [3.8, 4) is 0 Å². The molecule has 0 aromatic heterocycles. The van der Waals surface area contributed by atoms with E-state index in [1.807, 2.05) is 0 Å². The van der Waals surface area contributed by atoms with Gasteiger partial charge in [0.1, 0.15) is 12.6 Å². The molecule has 0 unspecified atom stereocenters. The number of hydrogen-bond donors (Lipinski definition) is 1. The zero-order valence-corrected chi connectivity index (χ0v) is 22.4. The predicted octanol–water partition coefficient (Wildman–Crippen LogP) is 5.31. The van der Waals surface area contributed by atoms with Gasteiger partial charge in [-0.3, -0.25) is 4.79 Å². The van der Waals surface area contributed by atoms with Crippen LogP contribution in [0.2, 0.25) is 18.1 Å². The average molecular weight is 467 g/mol. The second-order valence-corrected chi connectivity index (χ2v) is 17.9. The molecule has 0 radical (unpaired) electrons. The molecule has 0 saturated heterocycles. The highest BCUT2D eigenvalue weighted by molar-refractivity contribution is 6.74. The molecule has 0 heterocycles. The van der Waals surface area contributed by atoms with Crippen molar-refractivity contribution in [2.75, 3.05) is 13.9 Å². The van der Waals surface area contributed by atoms with Crippen LogP contribution in [0.1, 0.15) is 79.1 Å². The van der Waals surface area contributed by atoms with Gasteiger partial charge in [0.25, 0.3) is 0 Å². The molecule has 6 heteroatoms. The van der Waals surface area contributed by atoms with Crippen LogP contribution in [0.15, 0.2) is 0 Å². The molecule has 0 aromatic rings. The summed E-state index contributed by atoms with van der Waals surface area (Å²) in [5.74, 6) is 1.06. The first-order valence-electron chi connectivity index (χ1n) is 12.9. The van der Waals surface area contributed by atoms with Gasteiger partial charge in [0.15, 0.2) is 8.32 Å². The molecule has 0 aromatic carbocycles. The summed E-state index contributed by atoms with van der Waals surface area (Å²) in [5.41, 5.74) is -0.748. The highest BCUT2D eigenvalue weighted by Gasteiger charge is 2.61. The van der Waals surface area contributed by atoms with Gasteiger partial charge >= 0.3 is 0 Å². The average Bonchev–Trinajstić information content (AvgIpc) is 3.17. The summed E-state index contributed by atoms with van der Waals surface area (Å²) >= 11 is 0. The van der Waals surface area contributed by atoms with Gasteiger partial charge in [0, 0.05) is 25.4 Å². The number of Topliss-reactive ketones (excluding diaryl/α,β-unsaturated/α-hetero) is 1. The van der Waals surface area contributed by atoms with Crippen molar-refractivity contribution in [3.05, 3.63) is 0 Å². The van der Waals surface area contributed by atoms with E-state index in [0.29, 0.717) is 36.6 Å². The zero-order valence-electron chi connectivity index (χ0n) is 21.4. The van der Waals surface area contributed by atoms with Gasteiger partial charge < -0.3 is 19.0 Å². The molecule has 0 bridgehead atoms. The first-order chi connectivity index (χ1) is 14.8. The Kier molecular flexibility index (Phi) is 6.55. The van der Waals surface area contributed by atoms with Crippen LogP contribution >= 0.6 is 0 Å². The lowest BCUT2D eigenvalue weighted by Crippen LogP contribution is -2.51. The van der Waals surface area contributed by atoms with Crippen LogP contribution in [-0.4, -0.2) is 50.9 Å². The van der Waals surface area contributed by atoms with Crippen molar-refractivity contribution in [1.82, 2.24) is 0 Å². The molecule has 5 nitrogen and oxygen atoms in total. The van der Waals surface area contributed by atoms with Gasteiger partial charge in [-0.1, -0.05) is 27.7 Å². The van der Waals surface area contributed by atoms with E-state index in [1.54, 1.807) is 7.11 Å². The van der Waals surface area contributed by atoms with Crippen molar-refractivity contribution in [1.29, 1.82) is 0 Å². The Balaban J connectivity index is 1.51. The highest BCUT2D eigenvalue weighted by Crippen LogP contribution is 2.61. The Bertz CT molecular complexity index is 717. The minimum absolute atomic E-state index is 0.0758. The minimum atomic E-state index is -1.84. The number of aliphatic hydroxyl groups is 1. The molecule has 184 valence electrons. The number of carbonyl (C=O) groups excluding carboxylic acids is 1. The topological polar surface area (TPSA) is 65.0 Å².